The number of pyridine rings is 2. The third-order valence-corrected chi connectivity index (χ3v) is 5.19. The number of amides is 1. The van der Waals surface area contributed by atoms with E-state index >= 15 is 0 Å². The normalized spacial score (nSPS) is 11.0. The van der Waals surface area contributed by atoms with Gasteiger partial charge in [0.15, 0.2) is 6.39 Å². The number of benzene rings is 1. The lowest BCUT2D eigenvalue weighted by Crippen LogP contribution is -2.12. The van der Waals surface area contributed by atoms with Crippen molar-refractivity contribution in [2.45, 2.75) is 13.8 Å². The highest BCUT2D eigenvalue weighted by atomic mass is 16.3. The minimum absolute atomic E-state index is 0.218. The van der Waals surface area contributed by atoms with Crippen molar-refractivity contribution in [3.05, 3.63) is 96.5 Å². The van der Waals surface area contributed by atoms with Gasteiger partial charge in [0.1, 0.15) is 12.0 Å². The largest absolute Gasteiger partial charge is 0.451 e. The van der Waals surface area contributed by atoms with Gasteiger partial charge >= 0.3 is 0 Å². The highest BCUT2D eigenvalue weighted by Gasteiger charge is 2.21. The number of fused-ring (bicyclic) bond motifs is 1. The molecule has 5 rings (SSSR count). The Hall–Kier alpha value is -4.19. The molecule has 0 atom stereocenters. The number of aryl methyl sites for hydroxylation is 2. The van der Waals surface area contributed by atoms with Crippen LogP contribution in [0.15, 0.2) is 84.1 Å². The van der Waals surface area contributed by atoms with Gasteiger partial charge in [0.25, 0.3) is 5.91 Å². The summed E-state index contributed by atoms with van der Waals surface area (Å²) in [6.45, 7) is 3.96. The van der Waals surface area contributed by atoms with E-state index in [-0.39, 0.29) is 5.91 Å². The molecule has 0 saturated heterocycles. The van der Waals surface area contributed by atoms with E-state index in [9.17, 15) is 4.79 Å². The van der Waals surface area contributed by atoms with Crippen LogP contribution in [0.5, 0.6) is 0 Å². The van der Waals surface area contributed by atoms with Crippen molar-refractivity contribution >= 4 is 17.1 Å². The molecule has 0 radical (unpaired) electrons. The molecule has 0 aliphatic rings. The van der Waals surface area contributed by atoms with Crippen LogP contribution >= 0.6 is 0 Å². The van der Waals surface area contributed by atoms with Gasteiger partial charge in [0, 0.05) is 29.3 Å². The van der Waals surface area contributed by atoms with E-state index in [0.29, 0.717) is 22.6 Å². The quantitative estimate of drug-likeness (QED) is 0.425. The summed E-state index contributed by atoms with van der Waals surface area (Å²) in [6.07, 6.45) is 6.62. The molecule has 0 aliphatic heterocycles. The number of nitrogens with one attached hydrogen (secondary N) is 1. The lowest BCUT2D eigenvalue weighted by atomic mass is 10.1. The average molecular weight is 408 g/mol. The van der Waals surface area contributed by atoms with Gasteiger partial charge in [-0.2, -0.15) is 0 Å². The highest BCUT2D eigenvalue weighted by molar-refractivity contribution is 6.09. The van der Waals surface area contributed by atoms with Crippen molar-refractivity contribution in [3.8, 4) is 22.5 Å². The Balaban J connectivity index is 1.64. The SMILES string of the molecule is Cc1cccc(-c2ccc3cc(C(=O)Nc4ccnc(C)c4)c(-c4cocn4)n3c2)c1. The summed E-state index contributed by atoms with van der Waals surface area (Å²) in [5.74, 6) is -0.218. The molecule has 5 aromatic rings. The highest BCUT2D eigenvalue weighted by Crippen LogP contribution is 2.30. The van der Waals surface area contributed by atoms with Crippen LogP contribution in [0.3, 0.4) is 0 Å². The van der Waals surface area contributed by atoms with Crippen LogP contribution < -0.4 is 5.32 Å². The van der Waals surface area contributed by atoms with Crippen LogP contribution in [0.25, 0.3) is 28.0 Å². The molecule has 6 nitrogen and oxygen atoms in total. The molecule has 4 heterocycles. The van der Waals surface area contributed by atoms with Gasteiger partial charge in [0.05, 0.1) is 11.3 Å². The predicted molar refractivity (Wildman–Crippen MR) is 120 cm³/mol. The lowest BCUT2D eigenvalue weighted by molar-refractivity contribution is 0.102. The number of carbonyl (C=O) groups is 1. The van der Waals surface area contributed by atoms with Crippen molar-refractivity contribution < 1.29 is 9.21 Å². The van der Waals surface area contributed by atoms with Crippen LogP contribution in [0.2, 0.25) is 0 Å². The van der Waals surface area contributed by atoms with Gasteiger partial charge in [-0.25, -0.2) is 4.98 Å². The fourth-order valence-electron chi connectivity index (χ4n) is 3.75. The molecule has 6 heteroatoms. The molecule has 0 saturated carbocycles. The van der Waals surface area contributed by atoms with E-state index in [0.717, 1.165) is 22.3 Å². The average Bonchev–Trinajstić information content (AvgIpc) is 3.40. The molecular formula is C25H20N4O2. The smallest absolute Gasteiger partial charge is 0.257 e. The molecule has 0 unspecified atom stereocenters. The summed E-state index contributed by atoms with van der Waals surface area (Å²) in [7, 11) is 0. The van der Waals surface area contributed by atoms with Crippen LogP contribution in [0.4, 0.5) is 5.69 Å². The third kappa shape index (κ3) is 3.59. The van der Waals surface area contributed by atoms with Gasteiger partial charge in [-0.1, -0.05) is 35.9 Å². The summed E-state index contributed by atoms with van der Waals surface area (Å²) < 4.78 is 7.21. The third-order valence-electron chi connectivity index (χ3n) is 5.19. The summed E-state index contributed by atoms with van der Waals surface area (Å²) >= 11 is 0. The second kappa shape index (κ2) is 7.57. The Morgan fingerprint density at radius 2 is 1.90 bits per heavy atom. The monoisotopic (exact) mass is 408 g/mol. The molecule has 152 valence electrons. The van der Waals surface area contributed by atoms with Crippen molar-refractivity contribution in [1.29, 1.82) is 0 Å². The number of nitrogens with zero attached hydrogens (tertiary/aromatic N) is 3. The Bertz CT molecular complexity index is 1400. The zero-order valence-electron chi connectivity index (χ0n) is 17.2. The maximum absolute atomic E-state index is 13.2. The molecule has 0 spiro atoms. The summed E-state index contributed by atoms with van der Waals surface area (Å²) in [4.78, 5) is 21.7. The number of hydrogen-bond donors (Lipinski definition) is 1. The minimum atomic E-state index is -0.218. The molecule has 0 bridgehead atoms. The van der Waals surface area contributed by atoms with E-state index in [2.05, 4.69) is 46.5 Å². The molecule has 1 aromatic carbocycles. The topological polar surface area (TPSA) is 72.4 Å². The first-order chi connectivity index (χ1) is 15.1. The van der Waals surface area contributed by atoms with Crippen LogP contribution in [0, 0.1) is 13.8 Å². The van der Waals surface area contributed by atoms with Crippen molar-refractivity contribution in [2.75, 3.05) is 5.32 Å². The van der Waals surface area contributed by atoms with Crippen LogP contribution in [0.1, 0.15) is 21.6 Å². The number of carbonyl (C=O) groups excluding carboxylic acids is 1. The minimum Gasteiger partial charge on any atom is -0.451 e. The number of aromatic nitrogens is 3. The summed E-state index contributed by atoms with van der Waals surface area (Å²) in [6, 6.07) is 17.9. The van der Waals surface area contributed by atoms with E-state index in [1.54, 1.807) is 18.5 Å². The summed E-state index contributed by atoms with van der Waals surface area (Å²) in [5, 5.41) is 2.97. The number of hydrogen-bond acceptors (Lipinski definition) is 4. The Morgan fingerprint density at radius 3 is 2.68 bits per heavy atom. The number of rotatable bonds is 4. The first-order valence-corrected chi connectivity index (χ1v) is 9.93. The Morgan fingerprint density at radius 1 is 1.00 bits per heavy atom. The van der Waals surface area contributed by atoms with E-state index < -0.39 is 0 Å². The maximum Gasteiger partial charge on any atom is 0.257 e. The number of oxazole rings is 1. The molecule has 4 aromatic heterocycles. The molecule has 0 fully saturated rings. The first kappa shape index (κ1) is 18.8. The molecule has 1 N–H and O–H groups in total. The van der Waals surface area contributed by atoms with Crippen LogP contribution in [-0.4, -0.2) is 20.3 Å². The van der Waals surface area contributed by atoms with Gasteiger partial charge in [0.2, 0.25) is 0 Å². The molecule has 31 heavy (non-hydrogen) atoms. The Labute approximate surface area is 179 Å². The van der Waals surface area contributed by atoms with Gasteiger partial charge in [-0.3, -0.25) is 9.78 Å². The second-order valence-corrected chi connectivity index (χ2v) is 7.50. The maximum atomic E-state index is 13.2. The van der Waals surface area contributed by atoms with E-state index in [1.165, 1.54) is 12.0 Å². The first-order valence-electron chi connectivity index (χ1n) is 9.93. The molecule has 1 amide bonds. The van der Waals surface area contributed by atoms with E-state index in [4.69, 9.17) is 4.42 Å². The zero-order chi connectivity index (χ0) is 21.4. The van der Waals surface area contributed by atoms with Gasteiger partial charge in [-0.05, 0) is 49.2 Å². The van der Waals surface area contributed by atoms with E-state index in [1.807, 2.05) is 41.8 Å². The summed E-state index contributed by atoms with van der Waals surface area (Å²) in [5.41, 5.74) is 7.57. The second-order valence-electron chi connectivity index (χ2n) is 7.50. The van der Waals surface area contributed by atoms with Crippen LogP contribution in [-0.2, 0) is 0 Å². The fourth-order valence-corrected chi connectivity index (χ4v) is 3.75. The zero-order valence-corrected chi connectivity index (χ0v) is 17.2. The standard InChI is InChI=1S/C25H20N4O2/c1-16-4-3-5-18(10-16)19-6-7-21-12-22(24(29(21)13-19)23-14-31-15-27-23)25(30)28-20-8-9-26-17(2)11-20/h3-15H,1-2H3,(H,26,28,30). The van der Waals surface area contributed by atoms with Crippen molar-refractivity contribution in [2.24, 2.45) is 0 Å². The predicted octanol–water partition coefficient (Wildman–Crippen LogP) is 5.53. The molecule has 0 aliphatic carbocycles. The van der Waals surface area contributed by atoms with Crippen molar-refractivity contribution in [1.82, 2.24) is 14.4 Å². The number of anilines is 1. The Kier molecular flexibility index (Phi) is 4.59. The molecular weight excluding hydrogens is 388 g/mol. The van der Waals surface area contributed by atoms with Gasteiger partial charge in [-0.15, -0.1) is 0 Å². The lowest BCUT2D eigenvalue weighted by Gasteiger charge is -2.08. The fraction of sp³-hybridized carbons (Fsp3) is 0.0800. The van der Waals surface area contributed by atoms with Crippen molar-refractivity contribution in [3.63, 3.8) is 0 Å². The van der Waals surface area contributed by atoms with Gasteiger partial charge < -0.3 is 14.1 Å².